The maximum absolute atomic E-state index is 13.8. The largest absolute Gasteiger partial charge is 0.397 e. The molecule has 7 rings (SSSR count). The average molecular weight is 2160 g/mol. The van der Waals surface area contributed by atoms with E-state index in [4.69, 9.17) is 56.5 Å². The summed E-state index contributed by atoms with van der Waals surface area (Å²) in [6, 6.07) is 5.77. The summed E-state index contributed by atoms with van der Waals surface area (Å²) >= 11 is 0. The molecule has 0 aromatic heterocycles. The van der Waals surface area contributed by atoms with Crippen LogP contribution in [0.2, 0.25) is 0 Å². The van der Waals surface area contributed by atoms with E-state index in [9.17, 15) is 174 Å². The van der Waals surface area contributed by atoms with E-state index >= 15 is 0 Å². The van der Waals surface area contributed by atoms with Gasteiger partial charge in [0, 0.05) is 93.4 Å². The number of hydrogen-bond donors (Lipinski definition) is 30. The molecule has 138 heavy (non-hydrogen) atoms. The summed E-state index contributed by atoms with van der Waals surface area (Å²) in [6.45, 7) is -8.57. The topological polar surface area (TPSA) is 964 Å². The number of amides is 5. The molecule has 0 saturated carbocycles. The highest BCUT2D eigenvalue weighted by molar-refractivity contribution is 8.77. The standard InChI is InChI=1S/C68H111N9O53S8/c1-117-53-38(27-121-135(105,106)107)123-65(43(49(53)89)75-133(99,100)101)125-55-51(91)57(129-137(111,112)113)67(127-59(55)63(95)96)119-25-36(80)47(87)45(85)34(78)21-71-31-11-7-29(8-12-31)61(93)69-16-18-77(42(84)24-74-41(83)23-73-40(82)6-4-3-5-33-15-20-131-132-33)19-17-70-62(94)30-9-13-32(14-10-30)72-22-35(79)46(86)48(88)37(81)26-120-68-58(130-138(114,115)116)52(92)56(60(128-68)64(97)98)126-66-44(76-134(102,103)104)50(90)54(118-2)39(124-66)28-122-136(108,109)110/h7-14,33-39,43-60,63-68,71-72,75-76,78-81,85-92,95-98H,3-6,15-28H2,1-2H3,(H,69,93)(H,70,94)(H,73,82)(H,74,83)(H,99,100,101)(H,102,103,104)(H,105,106,107)(H,108,109,110)(H,111,112,113)(H,114,115,116)/t33?,34?,35?,36?,37?,38?,39?,43?,44?,45-,46-,47+,48+,49-,50-,51+,52+,53-,54-,55+,56+,57?,58?,59?,60?,65-,66-,67+,68+/m0/s1. The van der Waals surface area contributed by atoms with Crippen molar-refractivity contribution in [2.75, 3.05) is 109 Å². The highest BCUT2D eigenvalue weighted by Gasteiger charge is 2.59. The number of methoxy groups -OCH3 is 2. The Morgan fingerprint density at radius 3 is 1.19 bits per heavy atom. The summed E-state index contributed by atoms with van der Waals surface area (Å²) in [4.78, 5) is 67.3. The zero-order chi connectivity index (χ0) is 103. The second-order valence-corrected chi connectivity index (χ2v) is 40.3. The molecular weight excluding hydrogens is 2050 g/mol. The van der Waals surface area contributed by atoms with Crippen LogP contribution >= 0.6 is 21.6 Å². The molecule has 0 bridgehead atoms. The van der Waals surface area contributed by atoms with Gasteiger partial charge in [0.25, 0.3) is 11.8 Å². The number of nitrogens with one attached hydrogen (secondary N) is 8. The van der Waals surface area contributed by atoms with Crippen molar-refractivity contribution in [3.05, 3.63) is 59.7 Å². The molecule has 2 aromatic carbocycles. The third-order valence-electron chi connectivity index (χ3n) is 20.9. The monoisotopic (exact) mass is 2160 g/mol. The van der Waals surface area contributed by atoms with Crippen molar-refractivity contribution in [1.29, 1.82) is 0 Å². The van der Waals surface area contributed by atoms with Crippen molar-refractivity contribution < 1.29 is 248 Å². The van der Waals surface area contributed by atoms with Crippen LogP contribution in [0.3, 0.4) is 0 Å². The second-order valence-electron chi connectivity index (χ2n) is 30.9. The fourth-order valence-corrected chi connectivity index (χ4v) is 19.9. The van der Waals surface area contributed by atoms with Gasteiger partial charge in [0.1, 0.15) is 122 Å². The van der Waals surface area contributed by atoms with Gasteiger partial charge in [0.15, 0.2) is 49.9 Å². The molecule has 30 N–H and O–H groups in total. The minimum atomic E-state index is -5.75. The van der Waals surface area contributed by atoms with E-state index in [1.165, 1.54) is 58.0 Å². The van der Waals surface area contributed by atoms with Gasteiger partial charge in [-0.2, -0.15) is 60.0 Å². The lowest BCUT2D eigenvalue weighted by Gasteiger charge is -2.48. The first-order chi connectivity index (χ1) is 64.3. The summed E-state index contributed by atoms with van der Waals surface area (Å²) in [6.07, 6.45) is -62.9. The minimum absolute atomic E-state index is 0.00431. The first kappa shape index (κ1) is 119. The van der Waals surface area contributed by atoms with Crippen LogP contribution in [0, 0.1) is 0 Å². The molecule has 29 atom stereocenters. The molecule has 5 aliphatic heterocycles. The molecule has 5 fully saturated rings. The predicted octanol–water partition coefficient (Wildman–Crippen LogP) is -14.3. The van der Waals surface area contributed by atoms with Gasteiger partial charge in [-0.3, -0.25) is 51.3 Å². The molecule has 5 aliphatic rings. The normalized spacial score (nSPS) is 28.8. The van der Waals surface area contributed by atoms with Crippen LogP contribution in [0.5, 0.6) is 0 Å². The van der Waals surface area contributed by atoms with Crippen molar-refractivity contribution in [1.82, 2.24) is 35.6 Å². The molecule has 0 spiro atoms. The lowest BCUT2D eigenvalue weighted by atomic mass is 9.95. The van der Waals surface area contributed by atoms with E-state index in [1.807, 2.05) is 0 Å². The molecule has 13 unspecified atom stereocenters. The fourth-order valence-electron chi connectivity index (χ4n) is 14.1. The Morgan fingerprint density at radius 1 is 0.457 bits per heavy atom. The molecule has 794 valence electrons. The number of hydrogen-bond acceptors (Lipinski definition) is 51. The van der Waals surface area contributed by atoms with Crippen molar-refractivity contribution in [2.24, 2.45) is 0 Å². The average Bonchev–Trinajstić information content (AvgIpc) is 0.838. The zero-order valence-corrected chi connectivity index (χ0v) is 78.5. The van der Waals surface area contributed by atoms with Crippen LogP contribution < -0.4 is 41.3 Å². The number of aliphatic hydroxyl groups excluding tert-OH is 14. The van der Waals surface area contributed by atoms with Gasteiger partial charge in [0.05, 0.1) is 51.7 Å². The van der Waals surface area contributed by atoms with Crippen molar-refractivity contribution in [3.8, 4) is 0 Å². The molecule has 5 saturated heterocycles. The van der Waals surface area contributed by atoms with E-state index in [0.717, 1.165) is 44.1 Å². The maximum atomic E-state index is 13.8. The number of ether oxygens (including phenoxy) is 10. The van der Waals surface area contributed by atoms with Crippen LogP contribution in [-0.2, 0) is 141 Å². The Morgan fingerprint density at radius 2 is 0.841 bits per heavy atom. The number of rotatable bonds is 57. The number of carbonyl (C=O) groups is 5. The number of aliphatic hydroxyl groups is 16. The molecule has 0 radical (unpaired) electrons. The quantitative estimate of drug-likeness (QED) is 0.0127. The molecule has 5 heterocycles. The molecule has 62 nitrogen and oxygen atoms in total. The van der Waals surface area contributed by atoms with Gasteiger partial charge >= 0.3 is 62.2 Å². The molecular formula is C68H111N9O53S8. The van der Waals surface area contributed by atoms with E-state index in [-0.39, 0.29) is 55.1 Å². The minimum Gasteiger partial charge on any atom is -0.388 e. The lowest BCUT2D eigenvalue weighted by molar-refractivity contribution is -0.363. The summed E-state index contributed by atoms with van der Waals surface area (Å²) < 4.78 is 273. The van der Waals surface area contributed by atoms with Gasteiger partial charge < -0.3 is 166 Å². The van der Waals surface area contributed by atoms with Gasteiger partial charge in [0.2, 0.25) is 17.7 Å². The smallest absolute Gasteiger partial charge is 0.388 e. The Balaban J connectivity index is 0.911. The van der Waals surface area contributed by atoms with Crippen molar-refractivity contribution in [3.63, 3.8) is 0 Å². The molecule has 70 heteroatoms. The first-order valence-corrected chi connectivity index (χ1v) is 51.5. The second kappa shape index (κ2) is 53.9. The summed E-state index contributed by atoms with van der Waals surface area (Å²) in [7, 11) is -27.5. The summed E-state index contributed by atoms with van der Waals surface area (Å²) in [5.41, 5.74) is 0.297. The van der Waals surface area contributed by atoms with Crippen LogP contribution in [-0.4, -0.2) is 482 Å². The van der Waals surface area contributed by atoms with E-state index < -0.39 is 328 Å². The van der Waals surface area contributed by atoms with E-state index in [0.29, 0.717) is 11.7 Å². The van der Waals surface area contributed by atoms with E-state index in [1.54, 1.807) is 21.6 Å². The fraction of sp³-hybridized carbons (Fsp3) is 0.750. The lowest BCUT2D eigenvalue weighted by Crippen LogP contribution is -2.69. The van der Waals surface area contributed by atoms with Crippen LogP contribution in [0.15, 0.2) is 48.5 Å². The predicted molar refractivity (Wildman–Crippen MR) is 455 cm³/mol. The SMILES string of the molecule is CO[C@H]1C(COS(=O)(=O)O)O[C@@H](O[C@H]2C(C(O)O)O[C@@H](OCC(O)[C@@H](O)[C@@H](O)C(O)CNc3ccc(C(=O)NCCN(CCNC(=O)c4ccc(NCC(O)[C@H](O)[C@H](O)C(O)CO[C@@H]5OC(C(O)O)[C@H](O[C@@H]6OC(COS(=O)(=O)O)[C@H](OC)[C@@H](O)C6NS(=O)(=O)O)[C@@H](O)C5OS(=O)(=O)O)cc4)C(=O)CNC(=O)CNC(=O)CCCCC4CCSS4)cc3)C(OS(=O)(=O)O)[C@@H]2O)C(NS(=O)(=O)O)[C@@H]1O. The third-order valence-corrected chi connectivity index (χ3v) is 26.9. The Bertz CT molecular complexity index is 4650. The summed E-state index contributed by atoms with van der Waals surface area (Å²) in [5, 5.41) is 190. The third kappa shape index (κ3) is 38.3. The Hall–Kier alpha value is -5.73. The van der Waals surface area contributed by atoms with Gasteiger partial charge in [-0.05, 0) is 67.8 Å². The van der Waals surface area contributed by atoms with Crippen molar-refractivity contribution >= 4 is 125 Å². The molecule has 5 amide bonds. The van der Waals surface area contributed by atoms with Gasteiger partial charge in [-0.1, -0.05) is 28.0 Å². The van der Waals surface area contributed by atoms with Crippen LogP contribution in [0.25, 0.3) is 0 Å². The van der Waals surface area contributed by atoms with Crippen molar-refractivity contribution in [2.45, 2.75) is 221 Å². The highest BCUT2D eigenvalue weighted by Crippen LogP contribution is 2.41. The number of carbonyl (C=O) groups excluding carboxylic acids is 5. The Labute approximate surface area is 794 Å². The first-order valence-electron chi connectivity index (χ1n) is 40.8. The zero-order valence-electron chi connectivity index (χ0n) is 72.0. The number of unbranched alkanes of at least 4 members (excludes halogenated alkanes) is 1. The Kier molecular flexibility index (Phi) is 46.6. The number of anilines is 2. The number of benzene rings is 2. The van der Waals surface area contributed by atoms with Crippen LogP contribution in [0.1, 0.15) is 52.8 Å². The molecule has 0 aliphatic carbocycles. The van der Waals surface area contributed by atoms with Crippen LogP contribution in [0.4, 0.5) is 11.4 Å². The van der Waals surface area contributed by atoms with Gasteiger partial charge in [-0.15, -0.1) is 0 Å². The van der Waals surface area contributed by atoms with E-state index in [2.05, 4.69) is 48.6 Å². The molecule has 2 aromatic rings. The number of nitrogens with zero attached hydrogens (tertiary/aromatic N) is 1. The summed E-state index contributed by atoms with van der Waals surface area (Å²) in [5.74, 6) is -2.29. The van der Waals surface area contributed by atoms with Gasteiger partial charge in [-0.25, -0.2) is 16.7 Å². The maximum Gasteiger partial charge on any atom is 0.397 e. The highest BCUT2D eigenvalue weighted by atomic mass is 33.1.